The second-order valence-corrected chi connectivity index (χ2v) is 8.19. The lowest BCUT2D eigenvalue weighted by atomic mass is 9.88. The van der Waals surface area contributed by atoms with Crippen LogP contribution in [-0.4, -0.2) is 11.7 Å². The number of benzene rings is 2. The Hall–Kier alpha value is -2.75. The van der Waals surface area contributed by atoms with Gasteiger partial charge in [0.2, 0.25) is 0 Å². The zero-order chi connectivity index (χ0) is 19.8. The second-order valence-electron chi connectivity index (χ2n) is 8.19. The number of hydrogen-bond donors (Lipinski definition) is 2. The summed E-state index contributed by atoms with van der Waals surface area (Å²) in [6.07, 6.45) is 2.62. The third-order valence-corrected chi connectivity index (χ3v) is 5.83. The Bertz CT molecular complexity index is 964. The van der Waals surface area contributed by atoms with Crippen LogP contribution < -0.4 is 11.1 Å². The van der Waals surface area contributed by atoms with E-state index in [-0.39, 0.29) is 5.92 Å². The van der Waals surface area contributed by atoms with Gasteiger partial charge in [-0.2, -0.15) is 0 Å². The first-order chi connectivity index (χ1) is 13.4. The van der Waals surface area contributed by atoms with E-state index in [2.05, 4.69) is 54.7 Å². The van der Waals surface area contributed by atoms with Gasteiger partial charge in [0, 0.05) is 18.0 Å². The second kappa shape index (κ2) is 7.34. The Morgan fingerprint density at radius 2 is 1.86 bits per heavy atom. The lowest BCUT2D eigenvalue weighted by molar-refractivity contribution is 0.393. The van der Waals surface area contributed by atoms with Gasteiger partial charge in [-0.05, 0) is 68.4 Å². The molecule has 0 bridgehead atoms. The Morgan fingerprint density at radius 1 is 1.14 bits per heavy atom. The van der Waals surface area contributed by atoms with E-state index in [1.807, 2.05) is 19.9 Å². The van der Waals surface area contributed by atoms with Crippen LogP contribution in [0.25, 0.3) is 11.1 Å². The summed E-state index contributed by atoms with van der Waals surface area (Å²) in [5.74, 6) is 1.83. The van der Waals surface area contributed by atoms with Crippen LogP contribution in [0.2, 0.25) is 0 Å². The fraction of sp³-hybridized carbons (Fsp3) is 0.375. The first kappa shape index (κ1) is 18.6. The lowest BCUT2D eigenvalue weighted by Gasteiger charge is -2.22. The minimum atomic E-state index is 0.227. The van der Waals surface area contributed by atoms with Crippen molar-refractivity contribution >= 4 is 11.4 Å². The molecule has 0 amide bonds. The van der Waals surface area contributed by atoms with Gasteiger partial charge in [0.1, 0.15) is 5.76 Å². The molecule has 3 aromatic rings. The van der Waals surface area contributed by atoms with Gasteiger partial charge in [0.25, 0.3) is 0 Å². The van der Waals surface area contributed by atoms with E-state index in [0.717, 1.165) is 46.4 Å². The lowest BCUT2D eigenvalue weighted by Crippen LogP contribution is -2.11. The summed E-state index contributed by atoms with van der Waals surface area (Å²) in [4.78, 5) is 0. The van der Waals surface area contributed by atoms with E-state index in [9.17, 15) is 0 Å². The van der Waals surface area contributed by atoms with Crippen LogP contribution in [0.15, 0.2) is 40.9 Å². The summed E-state index contributed by atoms with van der Waals surface area (Å²) in [6, 6.07) is 13.1. The van der Waals surface area contributed by atoms with Gasteiger partial charge < -0.3 is 15.6 Å². The van der Waals surface area contributed by atoms with Crippen molar-refractivity contribution in [2.75, 3.05) is 17.6 Å². The molecule has 0 aliphatic heterocycles. The molecule has 1 saturated carbocycles. The van der Waals surface area contributed by atoms with Crippen LogP contribution in [0.4, 0.5) is 11.4 Å². The number of nitrogens with one attached hydrogen (secondary N) is 1. The first-order valence-electron chi connectivity index (χ1n) is 10.1. The summed E-state index contributed by atoms with van der Waals surface area (Å²) >= 11 is 0. The van der Waals surface area contributed by atoms with Crippen molar-refractivity contribution in [2.24, 2.45) is 5.92 Å². The highest BCUT2D eigenvalue weighted by molar-refractivity contribution is 5.81. The summed E-state index contributed by atoms with van der Waals surface area (Å²) in [5, 5.41) is 7.77. The molecule has 28 heavy (non-hydrogen) atoms. The van der Waals surface area contributed by atoms with E-state index in [1.54, 1.807) is 0 Å². The number of anilines is 2. The van der Waals surface area contributed by atoms with Gasteiger partial charge in [-0.15, -0.1) is 0 Å². The number of aromatic nitrogens is 1. The molecule has 4 heteroatoms. The summed E-state index contributed by atoms with van der Waals surface area (Å²) in [5.41, 5.74) is 15.2. The average molecular weight is 376 g/mol. The number of nitrogens with zero attached hydrogens (tertiary/aromatic N) is 1. The van der Waals surface area contributed by atoms with E-state index in [1.165, 1.54) is 29.5 Å². The highest BCUT2D eigenvalue weighted by Crippen LogP contribution is 2.40. The summed E-state index contributed by atoms with van der Waals surface area (Å²) < 4.78 is 5.40. The average Bonchev–Trinajstić information content (AvgIpc) is 3.44. The number of nitrogen functional groups attached to an aromatic ring is 1. The molecular weight excluding hydrogens is 346 g/mol. The molecule has 3 N–H and O–H groups in total. The molecule has 0 saturated heterocycles. The SMILES string of the molecule is Cc1ccc(C(C)c2cc(-c3c(C)noc3C)cc(N)c2NCC2CC2)cc1. The smallest absolute Gasteiger partial charge is 0.141 e. The summed E-state index contributed by atoms with van der Waals surface area (Å²) in [6.45, 7) is 9.28. The Morgan fingerprint density at radius 3 is 2.46 bits per heavy atom. The standard InChI is InChI=1S/C24H29N3O/c1-14-5-9-19(10-6-14)15(2)21-11-20(23-16(3)27-28-17(23)4)12-22(25)24(21)26-13-18-7-8-18/h5-6,9-12,15,18,26H,7-8,13,25H2,1-4H3. The molecule has 1 fully saturated rings. The minimum Gasteiger partial charge on any atom is -0.397 e. The van der Waals surface area contributed by atoms with E-state index < -0.39 is 0 Å². The van der Waals surface area contributed by atoms with Gasteiger partial charge >= 0.3 is 0 Å². The van der Waals surface area contributed by atoms with Crippen molar-refractivity contribution in [1.29, 1.82) is 0 Å². The monoisotopic (exact) mass is 375 g/mol. The third-order valence-electron chi connectivity index (χ3n) is 5.83. The largest absolute Gasteiger partial charge is 0.397 e. The van der Waals surface area contributed by atoms with Crippen LogP contribution in [0.5, 0.6) is 0 Å². The summed E-state index contributed by atoms with van der Waals surface area (Å²) in [7, 11) is 0. The van der Waals surface area contributed by atoms with Crippen molar-refractivity contribution in [3.05, 3.63) is 64.5 Å². The predicted molar refractivity (Wildman–Crippen MR) is 116 cm³/mol. The molecule has 1 atom stereocenters. The number of nitrogens with two attached hydrogens (primary N) is 1. The molecule has 1 aliphatic carbocycles. The zero-order valence-corrected chi connectivity index (χ0v) is 17.2. The van der Waals surface area contributed by atoms with Crippen molar-refractivity contribution in [1.82, 2.24) is 5.16 Å². The molecule has 1 heterocycles. The molecule has 4 rings (SSSR count). The molecule has 4 nitrogen and oxygen atoms in total. The van der Waals surface area contributed by atoms with Crippen LogP contribution in [-0.2, 0) is 0 Å². The molecule has 0 radical (unpaired) electrons. The maximum atomic E-state index is 6.56. The van der Waals surface area contributed by atoms with E-state index in [4.69, 9.17) is 10.3 Å². The Kier molecular flexibility index (Phi) is 4.88. The van der Waals surface area contributed by atoms with Crippen LogP contribution in [0.3, 0.4) is 0 Å². The Balaban J connectivity index is 1.80. The van der Waals surface area contributed by atoms with Crippen LogP contribution >= 0.6 is 0 Å². The Labute approximate surface area is 167 Å². The predicted octanol–water partition coefficient (Wildman–Crippen LogP) is 5.82. The van der Waals surface area contributed by atoms with Crippen molar-refractivity contribution in [2.45, 2.75) is 46.5 Å². The maximum absolute atomic E-state index is 6.56. The molecular formula is C24H29N3O. The molecule has 1 unspecified atom stereocenters. The van der Waals surface area contributed by atoms with Crippen molar-refractivity contribution < 1.29 is 4.52 Å². The highest BCUT2D eigenvalue weighted by atomic mass is 16.5. The molecule has 1 aromatic heterocycles. The fourth-order valence-corrected chi connectivity index (χ4v) is 3.88. The quantitative estimate of drug-likeness (QED) is 0.533. The molecule has 2 aromatic carbocycles. The number of rotatable bonds is 6. The van der Waals surface area contributed by atoms with Crippen LogP contribution in [0.1, 0.15) is 53.8 Å². The van der Waals surface area contributed by atoms with E-state index in [0.29, 0.717) is 0 Å². The molecule has 1 aliphatic rings. The van der Waals surface area contributed by atoms with Gasteiger partial charge in [0.05, 0.1) is 17.1 Å². The van der Waals surface area contributed by atoms with Gasteiger partial charge in [-0.25, -0.2) is 0 Å². The maximum Gasteiger partial charge on any atom is 0.141 e. The number of hydrogen-bond acceptors (Lipinski definition) is 4. The van der Waals surface area contributed by atoms with Crippen LogP contribution in [0, 0.1) is 26.7 Å². The fourth-order valence-electron chi connectivity index (χ4n) is 3.88. The van der Waals surface area contributed by atoms with Crippen molar-refractivity contribution in [3.63, 3.8) is 0 Å². The minimum absolute atomic E-state index is 0.227. The normalized spacial score (nSPS) is 14.9. The van der Waals surface area contributed by atoms with Gasteiger partial charge in [0.15, 0.2) is 0 Å². The number of aryl methyl sites for hydroxylation is 3. The first-order valence-corrected chi connectivity index (χ1v) is 10.1. The topological polar surface area (TPSA) is 64.1 Å². The highest BCUT2D eigenvalue weighted by Gasteiger charge is 2.24. The molecule has 146 valence electrons. The van der Waals surface area contributed by atoms with Gasteiger partial charge in [-0.3, -0.25) is 0 Å². The van der Waals surface area contributed by atoms with E-state index >= 15 is 0 Å². The zero-order valence-electron chi connectivity index (χ0n) is 17.2. The van der Waals surface area contributed by atoms with Crippen molar-refractivity contribution in [3.8, 4) is 11.1 Å². The third kappa shape index (κ3) is 3.64. The van der Waals surface area contributed by atoms with Gasteiger partial charge in [-0.1, -0.05) is 41.9 Å². The molecule has 0 spiro atoms.